The van der Waals surface area contributed by atoms with Crippen molar-refractivity contribution in [1.82, 2.24) is 15.1 Å². The molecule has 21 heavy (non-hydrogen) atoms. The molecule has 0 saturated heterocycles. The van der Waals surface area contributed by atoms with Crippen LogP contribution in [0, 0.1) is 0 Å². The summed E-state index contributed by atoms with van der Waals surface area (Å²) in [6, 6.07) is 10.3. The fraction of sp³-hybridized carbons (Fsp3) is 0.412. The summed E-state index contributed by atoms with van der Waals surface area (Å²) in [4.78, 5) is 12.3. The summed E-state index contributed by atoms with van der Waals surface area (Å²) >= 11 is 0. The quantitative estimate of drug-likeness (QED) is 0.887. The minimum absolute atomic E-state index is 0.0345. The van der Waals surface area contributed by atoms with Gasteiger partial charge in [0.2, 0.25) is 0 Å². The van der Waals surface area contributed by atoms with Crippen molar-refractivity contribution >= 4 is 5.91 Å². The van der Waals surface area contributed by atoms with Crippen LogP contribution < -0.4 is 5.32 Å². The fourth-order valence-electron chi connectivity index (χ4n) is 2.33. The van der Waals surface area contributed by atoms with Crippen molar-refractivity contribution in [2.45, 2.75) is 46.2 Å². The second kappa shape index (κ2) is 7.07. The second-order valence-corrected chi connectivity index (χ2v) is 5.53. The molecule has 0 bridgehead atoms. The number of carbonyl (C=O) groups is 1. The van der Waals surface area contributed by atoms with E-state index in [2.05, 4.69) is 29.5 Å². The summed E-state index contributed by atoms with van der Waals surface area (Å²) in [5.41, 5.74) is 2.90. The zero-order chi connectivity index (χ0) is 15.2. The molecule has 1 amide bonds. The average Bonchev–Trinajstić information content (AvgIpc) is 2.83. The molecule has 2 aromatic rings. The van der Waals surface area contributed by atoms with Gasteiger partial charge in [-0.05, 0) is 25.8 Å². The first kappa shape index (κ1) is 15.3. The van der Waals surface area contributed by atoms with Crippen molar-refractivity contribution < 1.29 is 4.79 Å². The lowest BCUT2D eigenvalue weighted by Crippen LogP contribution is -2.30. The van der Waals surface area contributed by atoms with E-state index in [1.165, 1.54) is 5.56 Å². The molecule has 0 fully saturated rings. The molecule has 0 saturated carbocycles. The van der Waals surface area contributed by atoms with Crippen molar-refractivity contribution in [3.63, 3.8) is 0 Å². The summed E-state index contributed by atoms with van der Waals surface area (Å²) < 4.78 is 1.94. The van der Waals surface area contributed by atoms with E-state index in [0.717, 1.165) is 18.5 Å². The molecule has 0 unspecified atom stereocenters. The Morgan fingerprint density at radius 3 is 2.62 bits per heavy atom. The molecule has 1 aromatic carbocycles. The molecular weight excluding hydrogens is 262 g/mol. The first-order chi connectivity index (χ1) is 10.1. The summed E-state index contributed by atoms with van der Waals surface area (Å²) in [6.07, 6.45) is 3.53. The second-order valence-electron chi connectivity index (χ2n) is 5.53. The van der Waals surface area contributed by atoms with Gasteiger partial charge in [-0.25, -0.2) is 0 Å². The molecule has 0 aliphatic carbocycles. The van der Waals surface area contributed by atoms with Crippen molar-refractivity contribution in [2.75, 3.05) is 0 Å². The van der Waals surface area contributed by atoms with Crippen LogP contribution in [-0.2, 0) is 13.0 Å². The highest BCUT2D eigenvalue weighted by Crippen LogP contribution is 2.14. The Morgan fingerprint density at radius 1 is 1.29 bits per heavy atom. The van der Waals surface area contributed by atoms with Gasteiger partial charge in [0.15, 0.2) is 0 Å². The van der Waals surface area contributed by atoms with E-state index in [4.69, 9.17) is 0 Å². The predicted octanol–water partition coefficient (Wildman–Crippen LogP) is 3.02. The Kier molecular flexibility index (Phi) is 5.14. The van der Waals surface area contributed by atoms with Crippen LogP contribution in [0.1, 0.15) is 48.8 Å². The third kappa shape index (κ3) is 3.94. The van der Waals surface area contributed by atoms with Crippen LogP contribution in [0.4, 0.5) is 0 Å². The third-order valence-corrected chi connectivity index (χ3v) is 3.28. The Morgan fingerprint density at radius 2 is 2.00 bits per heavy atom. The Bertz CT molecular complexity index is 587. The highest BCUT2D eigenvalue weighted by Gasteiger charge is 2.17. The molecule has 0 aliphatic heterocycles. The molecule has 0 spiro atoms. The molecule has 1 heterocycles. The summed E-state index contributed by atoms with van der Waals surface area (Å²) in [6.45, 7) is 6.74. The fourth-order valence-corrected chi connectivity index (χ4v) is 2.33. The topological polar surface area (TPSA) is 46.9 Å². The van der Waals surface area contributed by atoms with Gasteiger partial charge in [-0.2, -0.15) is 5.10 Å². The Hall–Kier alpha value is -2.10. The van der Waals surface area contributed by atoms with Crippen molar-refractivity contribution in [3.8, 4) is 0 Å². The van der Waals surface area contributed by atoms with Crippen LogP contribution in [0.15, 0.2) is 36.5 Å². The molecule has 0 radical (unpaired) electrons. The standard InChI is InChI=1S/C17H23N3O/c1-4-8-16-15(17(21)19-13(2)3)11-18-20(16)12-14-9-6-5-7-10-14/h5-7,9-11,13H,4,8,12H2,1-3H3,(H,19,21). The maximum absolute atomic E-state index is 12.3. The van der Waals surface area contributed by atoms with Crippen molar-refractivity contribution in [1.29, 1.82) is 0 Å². The lowest BCUT2D eigenvalue weighted by atomic mass is 10.1. The molecule has 4 heteroatoms. The van der Waals surface area contributed by atoms with E-state index in [-0.39, 0.29) is 11.9 Å². The van der Waals surface area contributed by atoms with E-state index in [1.807, 2.05) is 36.7 Å². The number of hydrogen-bond donors (Lipinski definition) is 1. The van der Waals surface area contributed by atoms with Gasteiger partial charge in [0.25, 0.3) is 5.91 Å². The molecule has 112 valence electrons. The lowest BCUT2D eigenvalue weighted by Gasteiger charge is -2.11. The van der Waals surface area contributed by atoms with Gasteiger partial charge < -0.3 is 5.32 Å². The largest absolute Gasteiger partial charge is 0.350 e. The van der Waals surface area contributed by atoms with Crippen molar-refractivity contribution in [2.24, 2.45) is 0 Å². The molecule has 2 rings (SSSR count). The first-order valence-corrected chi connectivity index (χ1v) is 7.51. The SMILES string of the molecule is CCCc1c(C(=O)NC(C)C)cnn1Cc1ccccc1. The molecule has 0 atom stereocenters. The van der Waals surface area contributed by atoms with E-state index < -0.39 is 0 Å². The van der Waals surface area contributed by atoms with Gasteiger partial charge in [0.1, 0.15) is 0 Å². The number of rotatable bonds is 6. The lowest BCUT2D eigenvalue weighted by molar-refractivity contribution is 0.0942. The smallest absolute Gasteiger partial charge is 0.254 e. The van der Waals surface area contributed by atoms with E-state index >= 15 is 0 Å². The van der Waals surface area contributed by atoms with Crippen LogP contribution in [0.25, 0.3) is 0 Å². The average molecular weight is 285 g/mol. The minimum Gasteiger partial charge on any atom is -0.350 e. The molecule has 1 N–H and O–H groups in total. The number of carbonyl (C=O) groups excluding carboxylic acids is 1. The first-order valence-electron chi connectivity index (χ1n) is 7.51. The maximum atomic E-state index is 12.3. The van der Waals surface area contributed by atoms with E-state index in [1.54, 1.807) is 6.20 Å². The minimum atomic E-state index is -0.0345. The van der Waals surface area contributed by atoms with E-state index in [9.17, 15) is 4.79 Å². The molecule has 0 aliphatic rings. The van der Waals surface area contributed by atoms with Crippen LogP contribution in [0.3, 0.4) is 0 Å². The van der Waals surface area contributed by atoms with Crippen LogP contribution >= 0.6 is 0 Å². The van der Waals surface area contributed by atoms with E-state index in [0.29, 0.717) is 12.1 Å². The monoisotopic (exact) mass is 285 g/mol. The third-order valence-electron chi connectivity index (χ3n) is 3.28. The van der Waals surface area contributed by atoms with Gasteiger partial charge in [-0.15, -0.1) is 0 Å². The number of nitrogens with zero attached hydrogens (tertiary/aromatic N) is 2. The number of amides is 1. The molecule has 1 aromatic heterocycles. The summed E-state index contributed by atoms with van der Waals surface area (Å²) in [5, 5.41) is 7.36. The highest BCUT2D eigenvalue weighted by atomic mass is 16.1. The number of benzene rings is 1. The highest BCUT2D eigenvalue weighted by molar-refractivity contribution is 5.95. The van der Waals surface area contributed by atoms with Gasteiger partial charge in [0, 0.05) is 6.04 Å². The number of hydrogen-bond acceptors (Lipinski definition) is 2. The van der Waals surface area contributed by atoms with Gasteiger partial charge in [-0.1, -0.05) is 43.7 Å². The van der Waals surface area contributed by atoms with Gasteiger partial charge in [0.05, 0.1) is 24.0 Å². The zero-order valence-electron chi connectivity index (χ0n) is 13.0. The predicted molar refractivity (Wildman–Crippen MR) is 84.4 cm³/mol. The van der Waals surface area contributed by atoms with Gasteiger partial charge in [-0.3, -0.25) is 9.48 Å². The Labute approximate surface area is 126 Å². The maximum Gasteiger partial charge on any atom is 0.254 e. The summed E-state index contributed by atoms with van der Waals surface area (Å²) in [5.74, 6) is -0.0345. The van der Waals surface area contributed by atoms with Crippen LogP contribution in [0.5, 0.6) is 0 Å². The molecular formula is C17H23N3O. The zero-order valence-corrected chi connectivity index (χ0v) is 13.0. The van der Waals surface area contributed by atoms with Crippen LogP contribution in [-0.4, -0.2) is 21.7 Å². The summed E-state index contributed by atoms with van der Waals surface area (Å²) in [7, 11) is 0. The van der Waals surface area contributed by atoms with Crippen molar-refractivity contribution in [3.05, 3.63) is 53.3 Å². The normalized spacial score (nSPS) is 10.9. The van der Waals surface area contributed by atoms with Gasteiger partial charge >= 0.3 is 0 Å². The Balaban J connectivity index is 2.26. The number of nitrogens with one attached hydrogen (secondary N) is 1. The number of aromatic nitrogens is 2. The van der Waals surface area contributed by atoms with Crippen LogP contribution in [0.2, 0.25) is 0 Å². The molecule has 4 nitrogen and oxygen atoms in total.